The van der Waals surface area contributed by atoms with Crippen molar-refractivity contribution < 1.29 is 19.0 Å². The normalized spacial score (nSPS) is 11.4. The van der Waals surface area contributed by atoms with Crippen LogP contribution in [0.15, 0.2) is 18.3 Å². The van der Waals surface area contributed by atoms with Crippen LogP contribution in [0.5, 0.6) is 5.75 Å². The fourth-order valence-electron chi connectivity index (χ4n) is 1.51. The Morgan fingerprint density at radius 3 is 2.70 bits per heavy atom. The highest BCUT2D eigenvalue weighted by atomic mass is 19.1. The van der Waals surface area contributed by atoms with E-state index < -0.39 is 17.5 Å². The van der Waals surface area contributed by atoms with E-state index in [4.69, 9.17) is 4.74 Å². The Balaban J connectivity index is 2.30. The third-order valence-electron chi connectivity index (χ3n) is 2.23. The highest BCUT2D eigenvalue weighted by molar-refractivity contribution is 5.88. The zero-order valence-corrected chi connectivity index (χ0v) is 11.3. The van der Waals surface area contributed by atoms with Gasteiger partial charge in [0.05, 0.1) is 17.2 Å². The number of halogens is 1. The molecular weight excluding hydrogens is 265 g/mol. The van der Waals surface area contributed by atoms with Gasteiger partial charge in [-0.05, 0) is 20.8 Å². The van der Waals surface area contributed by atoms with Gasteiger partial charge >= 0.3 is 6.09 Å². The fourth-order valence-corrected chi connectivity index (χ4v) is 1.51. The standard InChI is InChI=1S/C13H14FN3O3/c1-13(2,3)20-12(19)17-11-10(18)5-8-9(16-11)4-7(14)6-15-8/h4-6,18H,1-3H3,(H,16,17,19). The Morgan fingerprint density at radius 1 is 1.35 bits per heavy atom. The zero-order valence-electron chi connectivity index (χ0n) is 11.3. The van der Waals surface area contributed by atoms with Crippen LogP contribution in [0.4, 0.5) is 15.0 Å². The molecule has 106 valence electrons. The monoisotopic (exact) mass is 279 g/mol. The number of aromatic hydroxyl groups is 1. The summed E-state index contributed by atoms with van der Waals surface area (Å²) in [4.78, 5) is 19.3. The molecule has 0 aliphatic carbocycles. The summed E-state index contributed by atoms with van der Waals surface area (Å²) in [5.74, 6) is -0.944. The first-order valence-corrected chi connectivity index (χ1v) is 5.90. The van der Waals surface area contributed by atoms with E-state index >= 15 is 0 Å². The van der Waals surface area contributed by atoms with Gasteiger partial charge in [0.25, 0.3) is 0 Å². The topological polar surface area (TPSA) is 84.3 Å². The van der Waals surface area contributed by atoms with E-state index in [2.05, 4.69) is 15.3 Å². The minimum absolute atomic E-state index is 0.112. The Bertz CT molecular complexity index is 668. The highest BCUT2D eigenvalue weighted by Gasteiger charge is 2.18. The van der Waals surface area contributed by atoms with Gasteiger partial charge in [-0.3, -0.25) is 10.3 Å². The molecule has 0 fully saturated rings. The minimum Gasteiger partial charge on any atom is -0.504 e. The molecule has 0 saturated heterocycles. The molecule has 20 heavy (non-hydrogen) atoms. The summed E-state index contributed by atoms with van der Waals surface area (Å²) >= 11 is 0. The Labute approximate surface area is 114 Å². The Kier molecular flexibility index (Phi) is 3.44. The third kappa shape index (κ3) is 3.31. The van der Waals surface area contributed by atoms with Crippen LogP contribution in [0.1, 0.15) is 20.8 Å². The first-order valence-electron chi connectivity index (χ1n) is 5.90. The molecule has 0 atom stereocenters. The van der Waals surface area contributed by atoms with Gasteiger partial charge in [-0.1, -0.05) is 0 Å². The van der Waals surface area contributed by atoms with Crippen LogP contribution in [0.25, 0.3) is 11.0 Å². The first kappa shape index (κ1) is 14.0. The van der Waals surface area contributed by atoms with Gasteiger partial charge in [0, 0.05) is 12.1 Å². The number of hydrogen-bond donors (Lipinski definition) is 2. The van der Waals surface area contributed by atoms with Crippen LogP contribution >= 0.6 is 0 Å². The summed E-state index contributed by atoms with van der Waals surface area (Å²) in [6.45, 7) is 5.12. The highest BCUT2D eigenvalue weighted by Crippen LogP contribution is 2.25. The van der Waals surface area contributed by atoms with Crippen LogP contribution in [-0.2, 0) is 4.74 Å². The molecular formula is C13H14FN3O3. The average molecular weight is 279 g/mol. The minimum atomic E-state index is -0.760. The molecule has 7 heteroatoms. The van der Waals surface area contributed by atoms with Crippen LogP contribution in [0.2, 0.25) is 0 Å². The van der Waals surface area contributed by atoms with Gasteiger partial charge in [0.15, 0.2) is 11.6 Å². The van der Waals surface area contributed by atoms with Gasteiger partial charge in [-0.15, -0.1) is 0 Å². The molecule has 2 aromatic heterocycles. The fraction of sp³-hybridized carbons (Fsp3) is 0.308. The zero-order chi connectivity index (χ0) is 14.9. The van der Waals surface area contributed by atoms with Crippen LogP contribution in [-0.4, -0.2) is 26.8 Å². The number of nitrogens with zero attached hydrogens (tertiary/aromatic N) is 2. The first-order chi connectivity index (χ1) is 9.24. The number of aromatic nitrogens is 2. The van der Waals surface area contributed by atoms with Crippen molar-refractivity contribution in [3.05, 3.63) is 24.1 Å². The quantitative estimate of drug-likeness (QED) is 0.838. The number of carbonyl (C=O) groups excluding carboxylic acids is 1. The summed E-state index contributed by atoms with van der Waals surface area (Å²) < 4.78 is 18.1. The lowest BCUT2D eigenvalue weighted by Crippen LogP contribution is -2.27. The molecule has 2 rings (SSSR count). The molecule has 0 spiro atoms. The third-order valence-corrected chi connectivity index (χ3v) is 2.23. The van der Waals surface area contributed by atoms with E-state index in [9.17, 15) is 14.3 Å². The molecule has 6 nitrogen and oxygen atoms in total. The van der Waals surface area contributed by atoms with E-state index in [0.29, 0.717) is 5.52 Å². The molecule has 0 aliphatic heterocycles. The summed E-state index contributed by atoms with van der Waals surface area (Å²) in [7, 11) is 0. The van der Waals surface area contributed by atoms with Crippen LogP contribution < -0.4 is 5.32 Å². The molecule has 0 bridgehead atoms. The molecule has 0 aromatic carbocycles. The molecule has 0 unspecified atom stereocenters. The maximum Gasteiger partial charge on any atom is 0.413 e. The summed E-state index contributed by atoms with van der Waals surface area (Å²) in [5, 5.41) is 12.1. The number of ether oxygens (including phenoxy) is 1. The predicted molar refractivity (Wildman–Crippen MR) is 71.0 cm³/mol. The van der Waals surface area contributed by atoms with Gasteiger partial charge in [-0.2, -0.15) is 0 Å². The maximum absolute atomic E-state index is 13.1. The van der Waals surface area contributed by atoms with E-state index in [0.717, 1.165) is 12.3 Å². The number of rotatable bonds is 1. The smallest absolute Gasteiger partial charge is 0.413 e. The number of carbonyl (C=O) groups is 1. The Morgan fingerprint density at radius 2 is 2.05 bits per heavy atom. The molecule has 2 heterocycles. The largest absolute Gasteiger partial charge is 0.504 e. The summed E-state index contributed by atoms with van der Waals surface area (Å²) in [6, 6.07) is 2.44. The molecule has 2 N–H and O–H groups in total. The van der Waals surface area contributed by atoms with Crippen LogP contribution in [0.3, 0.4) is 0 Å². The molecule has 0 radical (unpaired) electrons. The molecule has 2 aromatic rings. The van der Waals surface area contributed by atoms with Crippen molar-refractivity contribution >= 4 is 22.9 Å². The number of anilines is 1. The summed E-state index contributed by atoms with van der Waals surface area (Å²) in [6.07, 6.45) is 0.258. The van der Waals surface area contributed by atoms with Gasteiger partial charge in [-0.25, -0.2) is 14.2 Å². The van der Waals surface area contributed by atoms with Crippen molar-refractivity contribution in [2.75, 3.05) is 5.32 Å². The lowest BCUT2D eigenvalue weighted by atomic mass is 10.2. The van der Waals surface area contributed by atoms with E-state index in [1.807, 2.05) is 0 Å². The maximum atomic E-state index is 13.1. The van der Waals surface area contributed by atoms with E-state index in [1.165, 1.54) is 6.07 Å². The lowest BCUT2D eigenvalue weighted by Gasteiger charge is -2.19. The predicted octanol–water partition coefficient (Wildman–Crippen LogP) is 2.82. The number of hydrogen-bond acceptors (Lipinski definition) is 5. The second-order valence-electron chi connectivity index (χ2n) is 5.17. The molecule has 1 amide bonds. The second-order valence-corrected chi connectivity index (χ2v) is 5.17. The molecule has 0 saturated carbocycles. The van der Waals surface area contributed by atoms with Gasteiger partial charge < -0.3 is 9.84 Å². The number of fused-ring (bicyclic) bond motifs is 1. The SMILES string of the molecule is CC(C)(C)OC(=O)Nc1nc2cc(F)cnc2cc1O. The lowest BCUT2D eigenvalue weighted by molar-refractivity contribution is 0.0634. The molecule has 0 aliphatic rings. The second kappa shape index (κ2) is 4.92. The van der Waals surface area contributed by atoms with Crippen molar-refractivity contribution in [1.29, 1.82) is 0 Å². The van der Waals surface area contributed by atoms with E-state index in [1.54, 1.807) is 20.8 Å². The van der Waals surface area contributed by atoms with E-state index in [-0.39, 0.29) is 17.1 Å². The van der Waals surface area contributed by atoms with Crippen molar-refractivity contribution in [1.82, 2.24) is 9.97 Å². The average Bonchev–Trinajstić information content (AvgIpc) is 2.28. The van der Waals surface area contributed by atoms with Crippen molar-refractivity contribution in [3.63, 3.8) is 0 Å². The van der Waals surface area contributed by atoms with Crippen molar-refractivity contribution in [2.45, 2.75) is 26.4 Å². The Hall–Kier alpha value is -2.44. The number of pyridine rings is 2. The van der Waals surface area contributed by atoms with Crippen molar-refractivity contribution in [2.24, 2.45) is 0 Å². The van der Waals surface area contributed by atoms with Crippen LogP contribution in [0, 0.1) is 5.82 Å². The summed E-state index contributed by atoms with van der Waals surface area (Å²) in [5.41, 5.74) is -0.142. The van der Waals surface area contributed by atoms with Gasteiger partial charge in [0.2, 0.25) is 0 Å². The van der Waals surface area contributed by atoms with Crippen molar-refractivity contribution in [3.8, 4) is 5.75 Å². The number of nitrogens with one attached hydrogen (secondary N) is 1. The van der Waals surface area contributed by atoms with Gasteiger partial charge in [0.1, 0.15) is 11.4 Å². The number of amides is 1.